The third-order valence-corrected chi connectivity index (χ3v) is 9.44. The minimum absolute atomic E-state index is 0.126. The largest absolute Gasteiger partial charge is 0.493 e. The number of aryl methyl sites for hydroxylation is 1. The van der Waals surface area contributed by atoms with E-state index in [1.165, 1.54) is 0 Å². The van der Waals surface area contributed by atoms with E-state index in [4.69, 9.17) is 24.3 Å². The predicted octanol–water partition coefficient (Wildman–Crippen LogP) is 5.72. The number of nitrogens with zero attached hydrogens (tertiary/aromatic N) is 4. The first-order chi connectivity index (χ1) is 21.7. The molecule has 1 aromatic heterocycles. The molecule has 0 saturated carbocycles. The number of nitrogens with one attached hydrogen (secondary N) is 2. The molecule has 0 aliphatic carbocycles. The second kappa shape index (κ2) is 14.7. The standard InChI is InChI=1S/C32H39BrN6O5S/c1-6-7-15-45-32-36-31-34-21(4)27(30(41)35-24-10-8-9-19(2)20(24)3)28(39(31)37-32)22-16-23(33)29(25(17-22)42-5)44-18-26(40)38-11-13-43-14-12-38/h8-10,16-17,28H,6-7,11-15,18H2,1-5H3,(H,35,41)(H,34,36,37). The van der Waals surface area contributed by atoms with Crippen molar-refractivity contribution in [3.63, 3.8) is 0 Å². The van der Waals surface area contributed by atoms with Gasteiger partial charge in [-0.2, -0.15) is 4.98 Å². The molecule has 3 aromatic rings. The fourth-order valence-electron chi connectivity index (χ4n) is 5.25. The van der Waals surface area contributed by atoms with Crippen molar-refractivity contribution in [2.24, 2.45) is 0 Å². The molecule has 3 heterocycles. The van der Waals surface area contributed by atoms with Gasteiger partial charge in [-0.25, -0.2) is 4.68 Å². The van der Waals surface area contributed by atoms with E-state index in [-0.39, 0.29) is 18.4 Å². The first kappa shape index (κ1) is 32.8. The Balaban J connectivity index is 1.51. The molecule has 1 saturated heterocycles. The quantitative estimate of drug-likeness (QED) is 0.191. The zero-order valence-corrected chi connectivity index (χ0v) is 28.6. The predicted molar refractivity (Wildman–Crippen MR) is 178 cm³/mol. The molecule has 1 fully saturated rings. The summed E-state index contributed by atoms with van der Waals surface area (Å²) in [6, 6.07) is 8.91. The summed E-state index contributed by atoms with van der Waals surface area (Å²) in [6.07, 6.45) is 2.12. The minimum Gasteiger partial charge on any atom is -0.493 e. The molecule has 2 N–H and O–H groups in total. The third kappa shape index (κ3) is 7.31. The van der Waals surface area contributed by atoms with Gasteiger partial charge in [-0.05, 0) is 78.0 Å². The van der Waals surface area contributed by atoms with E-state index >= 15 is 0 Å². The van der Waals surface area contributed by atoms with Crippen molar-refractivity contribution in [3.05, 3.63) is 62.8 Å². The van der Waals surface area contributed by atoms with Crippen LogP contribution < -0.4 is 20.1 Å². The monoisotopic (exact) mass is 698 g/mol. The fourth-order valence-corrected chi connectivity index (χ4v) is 6.74. The van der Waals surface area contributed by atoms with Crippen LogP contribution in [0.5, 0.6) is 11.5 Å². The van der Waals surface area contributed by atoms with E-state index in [2.05, 4.69) is 33.5 Å². The molecule has 1 atom stereocenters. The first-order valence-corrected chi connectivity index (χ1v) is 16.8. The zero-order valence-electron chi connectivity index (χ0n) is 26.2. The summed E-state index contributed by atoms with van der Waals surface area (Å²) >= 11 is 5.24. The van der Waals surface area contributed by atoms with Crippen molar-refractivity contribution >= 4 is 51.1 Å². The zero-order chi connectivity index (χ0) is 32.1. The normalized spacial score (nSPS) is 16.2. The summed E-state index contributed by atoms with van der Waals surface area (Å²) in [5.74, 6) is 1.87. The molecule has 0 bridgehead atoms. The maximum atomic E-state index is 14.1. The number of carbonyl (C=O) groups is 2. The molecule has 1 unspecified atom stereocenters. The molecule has 2 aliphatic heterocycles. The second-order valence-electron chi connectivity index (χ2n) is 10.9. The van der Waals surface area contributed by atoms with E-state index in [0.29, 0.717) is 64.6 Å². The van der Waals surface area contributed by atoms with E-state index < -0.39 is 6.04 Å². The molecule has 2 amide bonds. The number of hydrogen-bond donors (Lipinski definition) is 2. The number of allylic oxidation sites excluding steroid dienone is 1. The molecule has 0 spiro atoms. The average molecular weight is 700 g/mol. The van der Waals surface area contributed by atoms with Crippen LogP contribution in [0.15, 0.2) is 51.2 Å². The molecule has 240 valence electrons. The van der Waals surface area contributed by atoms with Crippen LogP contribution in [-0.4, -0.2) is 77.3 Å². The maximum Gasteiger partial charge on any atom is 0.260 e. The topological polar surface area (TPSA) is 120 Å². The number of unbranched alkanes of at least 4 members (excludes halogenated alkanes) is 1. The highest BCUT2D eigenvalue weighted by Gasteiger charge is 2.36. The molecule has 2 aromatic carbocycles. The van der Waals surface area contributed by atoms with Gasteiger partial charge in [0, 0.05) is 30.2 Å². The van der Waals surface area contributed by atoms with Gasteiger partial charge in [-0.1, -0.05) is 37.2 Å². The molecular weight excluding hydrogens is 660 g/mol. The van der Waals surface area contributed by atoms with E-state index in [1.807, 2.05) is 51.1 Å². The lowest BCUT2D eigenvalue weighted by Gasteiger charge is -2.29. The smallest absolute Gasteiger partial charge is 0.260 e. The molecular formula is C32H39BrN6O5S. The Morgan fingerprint density at radius 3 is 2.71 bits per heavy atom. The number of ether oxygens (including phenoxy) is 3. The lowest BCUT2D eigenvalue weighted by molar-refractivity contribution is -0.137. The van der Waals surface area contributed by atoms with Gasteiger partial charge < -0.3 is 29.7 Å². The van der Waals surface area contributed by atoms with Crippen molar-refractivity contribution in [3.8, 4) is 11.5 Å². The minimum atomic E-state index is -0.631. The molecule has 5 rings (SSSR count). The number of morpholine rings is 1. The average Bonchev–Trinajstić information content (AvgIpc) is 3.44. The number of hydrogen-bond acceptors (Lipinski definition) is 9. The van der Waals surface area contributed by atoms with Crippen molar-refractivity contribution in [1.29, 1.82) is 0 Å². The summed E-state index contributed by atoms with van der Waals surface area (Å²) in [4.78, 5) is 33.4. The number of halogens is 1. The molecule has 11 nitrogen and oxygen atoms in total. The Morgan fingerprint density at radius 2 is 1.98 bits per heavy atom. The Hall–Kier alpha value is -3.55. The number of rotatable bonds is 11. The van der Waals surface area contributed by atoms with Crippen LogP contribution in [0.4, 0.5) is 11.6 Å². The van der Waals surface area contributed by atoms with Crippen molar-refractivity contribution in [2.75, 3.05) is 56.4 Å². The highest BCUT2D eigenvalue weighted by Crippen LogP contribution is 2.43. The van der Waals surface area contributed by atoms with Gasteiger partial charge in [-0.15, -0.1) is 5.10 Å². The highest BCUT2D eigenvalue weighted by atomic mass is 79.9. The van der Waals surface area contributed by atoms with Gasteiger partial charge in [0.25, 0.3) is 11.8 Å². The maximum absolute atomic E-state index is 14.1. The second-order valence-corrected chi connectivity index (χ2v) is 12.9. The number of amides is 2. The van der Waals surface area contributed by atoms with Crippen LogP contribution in [0.1, 0.15) is 49.4 Å². The summed E-state index contributed by atoms with van der Waals surface area (Å²) in [5.41, 5.74) is 4.71. The number of fused-ring (bicyclic) bond motifs is 1. The summed E-state index contributed by atoms with van der Waals surface area (Å²) in [5, 5.41) is 11.9. The van der Waals surface area contributed by atoms with Crippen molar-refractivity contribution < 1.29 is 23.8 Å². The van der Waals surface area contributed by atoms with Gasteiger partial charge in [0.15, 0.2) is 18.1 Å². The molecule has 45 heavy (non-hydrogen) atoms. The summed E-state index contributed by atoms with van der Waals surface area (Å²) in [7, 11) is 1.54. The highest BCUT2D eigenvalue weighted by molar-refractivity contribution is 9.10. The lowest BCUT2D eigenvalue weighted by Crippen LogP contribution is -2.43. The van der Waals surface area contributed by atoms with Crippen LogP contribution in [0, 0.1) is 13.8 Å². The van der Waals surface area contributed by atoms with E-state index in [0.717, 1.165) is 41.0 Å². The summed E-state index contributed by atoms with van der Waals surface area (Å²) in [6.45, 7) is 9.97. The number of anilines is 2. The Labute approximate surface area is 276 Å². The number of thioether (sulfide) groups is 1. The third-order valence-electron chi connectivity index (χ3n) is 7.93. The van der Waals surface area contributed by atoms with Crippen LogP contribution in [0.2, 0.25) is 0 Å². The Bertz CT molecular complexity index is 1600. The van der Waals surface area contributed by atoms with Gasteiger partial charge in [0.1, 0.15) is 6.04 Å². The van der Waals surface area contributed by atoms with Crippen LogP contribution in [0.3, 0.4) is 0 Å². The van der Waals surface area contributed by atoms with E-state index in [9.17, 15) is 9.59 Å². The van der Waals surface area contributed by atoms with Gasteiger partial charge in [0.05, 0.1) is 30.4 Å². The van der Waals surface area contributed by atoms with Crippen LogP contribution in [0.25, 0.3) is 0 Å². The molecule has 13 heteroatoms. The Morgan fingerprint density at radius 1 is 1.20 bits per heavy atom. The number of methoxy groups -OCH3 is 1. The number of carbonyl (C=O) groups excluding carboxylic acids is 2. The summed E-state index contributed by atoms with van der Waals surface area (Å²) < 4.78 is 19.4. The van der Waals surface area contributed by atoms with Crippen LogP contribution >= 0.6 is 27.7 Å². The van der Waals surface area contributed by atoms with Crippen LogP contribution in [-0.2, 0) is 14.3 Å². The molecule has 0 radical (unpaired) electrons. The van der Waals surface area contributed by atoms with Gasteiger partial charge in [-0.3, -0.25) is 9.59 Å². The number of benzene rings is 2. The lowest BCUT2D eigenvalue weighted by atomic mass is 9.94. The fraction of sp³-hybridized carbons (Fsp3) is 0.438. The van der Waals surface area contributed by atoms with Crippen molar-refractivity contribution in [2.45, 2.75) is 51.7 Å². The SMILES string of the molecule is CCCCSc1nc2n(n1)C(c1cc(Br)c(OCC(=O)N3CCOCC3)c(OC)c1)C(C(=O)Nc1cccc(C)c1C)=C(C)N2. The first-order valence-electron chi connectivity index (χ1n) is 15.0. The van der Waals surface area contributed by atoms with Crippen molar-refractivity contribution in [1.82, 2.24) is 19.7 Å². The number of aromatic nitrogens is 3. The van der Waals surface area contributed by atoms with E-state index in [1.54, 1.807) is 28.5 Å². The Kier molecular flexibility index (Phi) is 10.7. The van der Waals surface area contributed by atoms with Gasteiger partial charge >= 0.3 is 0 Å². The van der Waals surface area contributed by atoms with Gasteiger partial charge in [0.2, 0.25) is 11.1 Å². The molecule has 2 aliphatic rings.